The number of rotatable bonds is 2. The second-order valence-corrected chi connectivity index (χ2v) is 6.58. The van der Waals surface area contributed by atoms with Gasteiger partial charge in [-0.1, -0.05) is 36.4 Å². The first-order chi connectivity index (χ1) is 11.2. The van der Waals surface area contributed by atoms with Crippen LogP contribution in [0.15, 0.2) is 53.4 Å². The Morgan fingerprint density at radius 3 is 2.43 bits per heavy atom. The summed E-state index contributed by atoms with van der Waals surface area (Å²) < 4.78 is 0. The molecule has 0 aromatic heterocycles. The zero-order chi connectivity index (χ0) is 16.2. The highest BCUT2D eigenvalue weighted by molar-refractivity contribution is 7.98. The van der Waals surface area contributed by atoms with E-state index in [4.69, 9.17) is 0 Å². The predicted octanol–water partition coefficient (Wildman–Crippen LogP) is 4.76. The summed E-state index contributed by atoms with van der Waals surface area (Å²) in [6.45, 7) is 6.13. The van der Waals surface area contributed by atoms with Gasteiger partial charge in [-0.15, -0.1) is 11.8 Å². The second-order valence-electron chi connectivity index (χ2n) is 5.57. The van der Waals surface area contributed by atoms with E-state index in [0.29, 0.717) is 6.54 Å². The van der Waals surface area contributed by atoms with Crippen molar-refractivity contribution in [1.82, 2.24) is 4.90 Å². The lowest BCUT2D eigenvalue weighted by molar-refractivity contribution is 0.209. The van der Waals surface area contributed by atoms with Crippen molar-refractivity contribution in [2.45, 2.75) is 31.0 Å². The Balaban J connectivity index is 2.05. The van der Waals surface area contributed by atoms with Crippen LogP contribution in [-0.2, 0) is 12.3 Å². The Morgan fingerprint density at radius 2 is 1.70 bits per heavy atom. The largest absolute Gasteiger partial charge is 0.325 e. The van der Waals surface area contributed by atoms with E-state index in [-0.39, 0.29) is 6.03 Å². The standard InChI is InChI=1S/C19H22N2OS/c1-3-20(4-2)19(22)21-13-15-9-5-6-10-16(15)14-23-18-12-8-7-11-17(18)21/h5-12H,3-4,13-14H2,1-2H3. The van der Waals surface area contributed by atoms with Gasteiger partial charge < -0.3 is 4.90 Å². The van der Waals surface area contributed by atoms with Crippen LogP contribution in [0.5, 0.6) is 0 Å². The number of para-hydroxylation sites is 1. The van der Waals surface area contributed by atoms with Gasteiger partial charge in [-0.2, -0.15) is 0 Å². The molecule has 0 spiro atoms. The molecule has 0 atom stereocenters. The van der Waals surface area contributed by atoms with Gasteiger partial charge in [0.25, 0.3) is 0 Å². The molecule has 120 valence electrons. The maximum Gasteiger partial charge on any atom is 0.324 e. The van der Waals surface area contributed by atoms with Gasteiger partial charge in [-0.3, -0.25) is 4.90 Å². The molecule has 0 unspecified atom stereocenters. The Morgan fingerprint density at radius 1 is 1.04 bits per heavy atom. The molecule has 0 fully saturated rings. The molecule has 0 saturated heterocycles. The molecule has 23 heavy (non-hydrogen) atoms. The molecular formula is C19H22N2OS. The number of carbonyl (C=O) groups excluding carboxylic acids is 1. The van der Waals surface area contributed by atoms with E-state index in [1.807, 2.05) is 35.8 Å². The molecule has 2 aromatic rings. The monoisotopic (exact) mass is 326 g/mol. The molecule has 1 heterocycles. The van der Waals surface area contributed by atoms with Crippen LogP contribution in [0.4, 0.5) is 10.5 Å². The lowest BCUT2D eigenvalue weighted by Crippen LogP contribution is -2.43. The summed E-state index contributed by atoms with van der Waals surface area (Å²) in [6.07, 6.45) is 0. The molecule has 0 N–H and O–H groups in total. The molecular weight excluding hydrogens is 304 g/mol. The molecule has 2 amide bonds. The summed E-state index contributed by atoms with van der Waals surface area (Å²) in [7, 11) is 0. The van der Waals surface area contributed by atoms with Crippen molar-refractivity contribution < 1.29 is 4.79 Å². The molecule has 3 nitrogen and oxygen atoms in total. The third-order valence-corrected chi connectivity index (χ3v) is 5.36. The summed E-state index contributed by atoms with van der Waals surface area (Å²) >= 11 is 1.80. The van der Waals surface area contributed by atoms with Gasteiger partial charge in [0.1, 0.15) is 0 Å². The van der Waals surface area contributed by atoms with Crippen molar-refractivity contribution >= 4 is 23.5 Å². The minimum Gasteiger partial charge on any atom is -0.325 e. The minimum atomic E-state index is 0.0831. The van der Waals surface area contributed by atoms with E-state index < -0.39 is 0 Å². The smallest absolute Gasteiger partial charge is 0.324 e. The highest BCUT2D eigenvalue weighted by atomic mass is 32.2. The van der Waals surface area contributed by atoms with Crippen LogP contribution in [0.1, 0.15) is 25.0 Å². The number of hydrogen-bond acceptors (Lipinski definition) is 2. The maximum absolute atomic E-state index is 13.0. The first-order valence-electron chi connectivity index (χ1n) is 8.09. The number of nitrogens with zero attached hydrogens (tertiary/aromatic N) is 2. The number of benzene rings is 2. The van der Waals surface area contributed by atoms with Crippen LogP contribution < -0.4 is 4.90 Å². The number of amides is 2. The average Bonchev–Trinajstić information content (AvgIpc) is 2.58. The minimum absolute atomic E-state index is 0.0831. The maximum atomic E-state index is 13.0. The van der Waals surface area contributed by atoms with Crippen molar-refractivity contribution in [2.75, 3.05) is 18.0 Å². The summed E-state index contributed by atoms with van der Waals surface area (Å²) in [4.78, 5) is 18.0. The van der Waals surface area contributed by atoms with Crippen LogP contribution in [0.25, 0.3) is 0 Å². The predicted molar refractivity (Wildman–Crippen MR) is 96.9 cm³/mol. The van der Waals surface area contributed by atoms with Crippen LogP contribution in [0.2, 0.25) is 0 Å². The average molecular weight is 326 g/mol. The zero-order valence-corrected chi connectivity index (χ0v) is 14.5. The molecule has 1 aliphatic rings. The van der Waals surface area contributed by atoms with Gasteiger partial charge in [0, 0.05) is 23.7 Å². The van der Waals surface area contributed by atoms with Crippen molar-refractivity contribution in [1.29, 1.82) is 0 Å². The Bertz CT molecular complexity index is 697. The van der Waals surface area contributed by atoms with E-state index in [1.54, 1.807) is 11.8 Å². The fourth-order valence-corrected chi connectivity index (χ4v) is 3.99. The van der Waals surface area contributed by atoms with E-state index in [2.05, 4.69) is 36.4 Å². The van der Waals surface area contributed by atoms with Gasteiger partial charge in [0.2, 0.25) is 0 Å². The van der Waals surface area contributed by atoms with Crippen LogP contribution in [0.3, 0.4) is 0 Å². The van der Waals surface area contributed by atoms with Gasteiger partial charge in [-0.05, 0) is 37.1 Å². The summed E-state index contributed by atoms with van der Waals surface area (Å²) in [5, 5.41) is 0. The van der Waals surface area contributed by atoms with Crippen molar-refractivity contribution in [2.24, 2.45) is 0 Å². The molecule has 0 radical (unpaired) electrons. The number of urea groups is 1. The Kier molecular flexibility index (Phi) is 4.91. The quantitative estimate of drug-likeness (QED) is 0.794. The number of thioether (sulfide) groups is 1. The molecule has 0 aliphatic carbocycles. The highest BCUT2D eigenvalue weighted by Gasteiger charge is 2.25. The summed E-state index contributed by atoms with van der Waals surface area (Å²) in [5.41, 5.74) is 3.56. The third-order valence-electron chi connectivity index (χ3n) is 4.25. The number of hydrogen-bond donors (Lipinski definition) is 0. The molecule has 0 bridgehead atoms. The normalized spacial score (nSPS) is 13.6. The van der Waals surface area contributed by atoms with Gasteiger partial charge in [0.05, 0.1) is 12.2 Å². The Hall–Kier alpha value is -1.94. The third kappa shape index (κ3) is 3.22. The molecule has 2 aromatic carbocycles. The first-order valence-corrected chi connectivity index (χ1v) is 9.08. The highest BCUT2D eigenvalue weighted by Crippen LogP contribution is 2.37. The fraction of sp³-hybridized carbons (Fsp3) is 0.316. The van der Waals surface area contributed by atoms with Crippen molar-refractivity contribution in [3.8, 4) is 0 Å². The van der Waals surface area contributed by atoms with E-state index in [0.717, 1.165) is 24.5 Å². The lowest BCUT2D eigenvalue weighted by atomic mass is 10.1. The Labute approximate surface area is 142 Å². The van der Waals surface area contributed by atoms with Crippen LogP contribution >= 0.6 is 11.8 Å². The molecule has 0 saturated carbocycles. The molecule has 4 heteroatoms. The van der Waals surface area contributed by atoms with Crippen molar-refractivity contribution in [3.63, 3.8) is 0 Å². The van der Waals surface area contributed by atoms with E-state index in [9.17, 15) is 4.79 Å². The summed E-state index contributed by atoms with van der Waals surface area (Å²) in [5.74, 6) is 0.945. The second kappa shape index (κ2) is 7.09. The number of fused-ring (bicyclic) bond motifs is 2. The molecule has 3 rings (SSSR count). The SMILES string of the molecule is CCN(CC)C(=O)N1Cc2ccccc2CSc2ccccc21. The fourth-order valence-electron chi connectivity index (χ4n) is 2.90. The number of carbonyl (C=O) groups is 1. The first kappa shape index (κ1) is 15.9. The van der Waals surface area contributed by atoms with Gasteiger partial charge in [-0.25, -0.2) is 4.79 Å². The summed E-state index contributed by atoms with van der Waals surface area (Å²) in [6, 6.07) is 16.7. The number of anilines is 1. The molecule has 1 aliphatic heterocycles. The van der Waals surface area contributed by atoms with Crippen LogP contribution in [-0.4, -0.2) is 24.0 Å². The van der Waals surface area contributed by atoms with E-state index >= 15 is 0 Å². The topological polar surface area (TPSA) is 23.6 Å². The zero-order valence-electron chi connectivity index (χ0n) is 13.7. The van der Waals surface area contributed by atoms with E-state index in [1.165, 1.54) is 16.0 Å². The van der Waals surface area contributed by atoms with Gasteiger partial charge >= 0.3 is 6.03 Å². The van der Waals surface area contributed by atoms with Crippen molar-refractivity contribution in [3.05, 3.63) is 59.7 Å². The van der Waals surface area contributed by atoms with Gasteiger partial charge in [0.15, 0.2) is 0 Å². The lowest BCUT2D eigenvalue weighted by Gasteiger charge is -2.32. The van der Waals surface area contributed by atoms with Crippen LogP contribution in [0, 0.1) is 0 Å².